The fourth-order valence-electron chi connectivity index (χ4n) is 3.97. The third-order valence-electron chi connectivity index (χ3n) is 5.24. The van der Waals surface area contributed by atoms with E-state index in [-0.39, 0.29) is 17.9 Å². The van der Waals surface area contributed by atoms with E-state index < -0.39 is 0 Å². The van der Waals surface area contributed by atoms with Crippen LogP contribution in [0.4, 0.5) is 5.69 Å². The molecule has 24 heavy (non-hydrogen) atoms. The number of carbonyl (C=O) groups excluding carboxylic acids is 2. The quantitative estimate of drug-likeness (QED) is 0.729. The van der Waals surface area contributed by atoms with Crippen molar-refractivity contribution in [3.05, 3.63) is 23.3 Å². The molecule has 2 fully saturated rings. The van der Waals surface area contributed by atoms with Gasteiger partial charge in [0.05, 0.1) is 12.3 Å². The third-order valence-corrected chi connectivity index (χ3v) is 5.24. The van der Waals surface area contributed by atoms with E-state index in [0.717, 1.165) is 43.8 Å². The molecule has 6 nitrogen and oxygen atoms in total. The Balaban J connectivity index is 1.57. The van der Waals surface area contributed by atoms with Gasteiger partial charge in [-0.25, -0.2) is 0 Å². The van der Waals surface area contributed by atoms with Crippen molar-refractivity contribution in [2.75, 3.05) is 25.0 Å². The van der Waals surface area contributed by atoms with Gasteiger partial charge >= 0.3 is 0 Å². The summed E-state index contributed by atoms with van der Waals surface area (Å²) < 4.78 is 5.88. The van der Waals surface area contributed by atoms with Crippen LogP contribution < -0.4 is 20.7 Å². The molecule has 3 N–H and O–H groups in total. The molecule has 2 saturated heterocycles. The van der Waals surface area contributed by atoms with Crippen LogP contribution in [0.2, 0.25) is 0 Å². The van der Waals surface area contributed by atoms with Crippen LogP contribution in [0.25, 0.3) is 0 Å². The molecule has 2 amide bonds. The Morgan fingerprint density at radius 3 is 2.71 bits per heavy atom. The number of imide groups is 1. The molecule has 4 rings (SSSR count). The average Bonchev–Trinajstić information content (AvgIpc) is 3.08. The predicted octanol–water partition coefficient (Wildman–Crippen LogP) is 1.31. The number of rotatable bonds is 3. The largest absolute Gasteiger partial charge is 0.491 e. The Morgan fingerprint density at radius 1 is 1.08 bits per heavy atom. The van der Waals surface area contributed by atoms with Gasteiger partial charge in [0, 0.05) is 18.4 Å². The first-order chi connectivity index (χ1) is 11.7. The van der Waals surface area contributed by atoms with Crippen molar-refractivity contribution in [2.45, 2.75) is 44.1 Å². The fourth-order valence-corrected chi connectivity index (χ4v) is 3.97. The van der Waals surface area contributed by atoms with E-state index in [1.54, 1.807) is 0 Å². The fraction of sp³-hybridized carbons (Fsp3) is 0.556. The smallest absolute Gasteiger partial charge is 0.249 e. The Bertz CT molecular complexity index is 668. The predicted molar refractivity (Wildman–Crippen MR) is 90.3 cm³/mol. The van der Waals surface area contributed by atoms with Crippen LogP contribution in [0.1, 0.15) is 42.7 Å². The van der Waals surface area contributed by atoms with Gasteiger partial charge in [0.2, 0.25) is 11.8 Å². The lowest BCUT2D eigenvalue weighted by Gasteiger charge is -2.27. The van der Waals surface area contributed by atoms with Crippen molar-refractivity contribution in [1.29, 1.82) is 0 Å². The molecule has 128 valence electrons. The van der Waals surface area contributed by atoms with E-state index in [1.807, 2.05) is 6.07 Å². The number of piperidine rings is 2. The van der Waals surface area contributed by atoms with Crippen molar-refractivity contribution < 1.29 is 14.3 Å². The van der Waals surface area contributed by atoms with Crippen LogP contribution >= 0.6 is 0 Å². The van der Waals surface area contributed by atoms with Crippen LogP contribution in [-0.2, 0) is 16.0 Å². The second-order valence-electron chi connectivity index (χ2n) is 6.78. The lowest BCUT2D eigenvalue weighted by atomic mass is 9.86. The third kappa shape index (κ3) is 2.86. The summed E-state index contributed by atoms with van der Waals surface area (Å²) in [5, 5.41) is 9.08. The number of hydrogen-bond acceptors (Lipinski definition) is 5. The van der Waals surface area contributed by atoms with E-state index in [9.17, 15) is 9.59 Å². The maximum atomic E-state index is 12.0. The molecule has 0 aromatic heterocycles. The van der Waals surface area contributed by atoms with Gasteiger partial charge in [-0.1, -0.05) is 6.07 Å². The summed E-state index contributed by atoms with van der Waals surface area (Å²) >= 11 is 0. The number of amides is 2. The zero-order valence-electron chi connectivity index (χ0n) is 13.7. The number of ether oxygens (including phenoxy) is 1. The molecule has 1 atom stereocenters. The molecule has 0 aliphatic carbocycles. The summed E-state index contributed by atoms with van der Waals surface area (Å²) in [5.41, 5.74) is 3.56. The molecule has 0 spiro atoms. The first-order valence-corrected chi connectivity index (χ1v) is 8.82. The zero-order chi connectivity index (χ0) is 16.5. The van der Waals surface area contributed by atoms with Crippen molar-refractivity contribution >= 4 is 17.5 Å². The molecule has 1 aromatic carbocycles. The van der Waals surface area contributed by atoms with E-state index >= 15 is 0 Å². The van der Waals surface area contributed by atoms with E-state index in [0.29, 0.717) is 25.4 Å². The van der Waals surface area contributed by atoms with Crippen LogP contribution in [-0.4, -0.2) is 37.6 Å². The first kappa shape index (κ1) is 15.4. The Labute approximate surface area is 141 Å². The summed E-state index contributed by atoms with van der Waals surface area (Å²) in [7, 11) is 0. The lowest BCUT2D eigenvalue weighted by molar-refractivity contribution is -0.133. The zero-order valence-corrected chi connectivity index (χ0v) is 13.7. The molecular weight excluding hydrogens is 306 g/mol. The van der Waals surface area contributed by atoms with Gasteiger partial charge in [-0.15, -0.1) is 0 Å². The Kier molecular flexibility index (Phi) is 4.14. The topological polar surface area (TPSA) is 79.5 Å². The standard InChI is InChI=1S/C18H23N3O3/c22-16-4-3-15(18(23)21-16)20-14-2-1-12(11-5-8-19-9-6-11)13-7-10-24-17(13)14/h1-2,11,15,19-20H,3-10H2,(H,21,22,23). The summed E-state index contributed by atoms with van der Waals surface area (Å²) in [6, 6.07) is 3.85. The maximum Gasteiger partial charge on any atom is 0.249 e. The normalized spacial score (nSPS) is 24.2. The van der Waals surface area contributed by atoms with Gasteiger partial charge in [0.15, 0.2) is 0 Å². The summed E-state index contributed by atoms with van der Waals surface area (Å²) in [6.45, 7) is 2.83. The van der Waals surface area contributed by atoms with E-state index in [2.05, 4.69) is 22.0 Å². The SMILES string of the molecule is O=C1CCC(Nc2ccc(C3CCNCC3)c3c2OCC3)C(=O)N1. The monoisotopic (exact) mass is 329 g/mol. The summed E-state index contributed by atoms with van der Waals surface area (Å²) in [6.07, 6.45) is 4.15. The van der Waals surface area contributed by atoms with Gasteiger partial charge < -0.3 is 15.4 Å². The minimum absolute atomic E-state index is 0.194. The van der Waals surface area contributed by atoms with Gasteiger partial charge in [-0.05, 0) is 49.9 Å². The van der Waals surface area contributed by atoms with Crippen molar-refractivity contribution in [1.82, 2.24) is 10.6 Å². The molecule has 0 saturated carbocycles. The van der Waals surface area contributed by atoms with Crippen LogP contribution in [0.3, 0.4) is 0 Å². The second kappa shape index (κ2) is 6.43. The van der Waals surface area contributed by atoms with E-state index in [4.69, 9.17) is 4.74 Å². The minimum atomic E-state index is -0.374. The molecular formula is C18H23N3O3. The highest BCUT2D eigenvalue weighted by Crippen LogP contribution is 2.41. The van der Waals surface area contributed by atoms with Crippen LogP contribution in [0, 0.1) is 0 Å². The first-order valence-electron chi connectivity index (χ1n) is 8.82. The average molecular weight is 329 g/mol. The Hall–Kier alpha value is -2.08. The highest BCUT2D eigenvalue weighted by molar-refractivity contribution is 6.01. The molecule has 3 aliphatic rings. The highest BCUT2D eigenvalue weighted by Gasteiger charge is 2.30. The van der Waals surface area contributed by atoms with Gasteiger partial charge in [0.1, 0.15) is 11.8 Å². The number of carbonyl (C=O) groups is 2. The van der Waals surface area contributed by atoms with Gasteiger partial charge in [-0.3, -0.25) is 14.9 Å². The van der Waals surface area contributed by atoms with Crippen molar-refractivity contribution in [2.24, 2.45) is 0 Å². The number of hydrogen-bond donors (Lipinski definition) is 3. The van der Waals surface area contributed by atoms with Crippen molar-refractivity contribution in [3.63, 3.8) is 0 Å². The molecule has 1 unspecified atom stereocenters. The Morgan fingerprint density at radius 2 is 1.92 bits per heavy atom. The number of nitrogens with one attached hydrogen (secondary N) is 3. The second-order valence-corrected chi connectivity index (χ2v) is 6.78. The summed E-state index contributed by atoms with van der Waals surface area (Å²) in [4.78, 5) is 23.3. The van der Waals surface area contributed by atoms with Gasteiger partial charge in [-0.2, -0.15) is 0 Å². The minimum Gasteiger partial charge on any atom is -0.491 e. The molecule has 0 radical (unpaired) electrons. The molecule has 6 heteroatoms. The van der Waals surface area contributed by atoms with Crippen LogP contribution in [0.15, 0.2) is 12.1 Å². The number of benzene rings is 1. The molecule has 3 heterocycles. The molecule has 3 aliphatic heterocycles. The summed E-state index contributed by atoms with van der Waals surface area (Å²) in [5.74, 6) is 1.04. The number of fused-ring (bicyclic) bond motifs is 1. The molecule has 0 bridgehead atoms. The maximum absolute atomic E-state index is 12.0. The number of anilines is 1. The van der Waals surface area contributed by atoms with Crippen LogP contribution in [0.5, 0.6) is 5.75 Å². The van der Waals surface area contributed by atoms with Crippen molar-refractivity contribution in [3.8, 4) is 5.75 Å². The van der Waals surface area contributed by atoms with E-state index in [1.165, 1.54) is 11.1 Å². The lowest BCUT2D eigenvalue weighted by Crippen LogP contribution is -2.47. The molecule has 1 aromatic rings. The highest BCUT2D eigenvalue weighted by atomic mass is 16.5. The van der Waals surface area contributed by atoms with Gasteiger partial charge in [0.25, 0.3) is 0 Å².